The molecule has 0 amide bonds. The number of hydrogen-bond donors (Lipinski definition) is 2. The van der Waals surface area contributed by atoms with Crippen molar-refractivity contribution in [3.63, 3.8) is 0 Å². The van der Waals surface area contributed by atoms with Gasteiger partial charge in [0.2, 0.25) is 0 Å². The van der Waals surface area contributed by atoms with E-state index in [2.05, 4.69) is 0 Å². The summed E-state index contributed by atoms with van der Waals surface area (Å²) in [5.74, 6) is -0.583. The van der Waals surface area contributed by atoms with Crippen LogP contribution in [0.4, 0.5) is 0 Å². The van der Waals surface area contributed by atoms with Gasteiger partial charge in [0.05, 0.1) is 14.2 Å². The second-order valence-electron chi connectivity index (χ2n) is 2.84. The van der Waals surface area contributed by atoms with E-state index in [0.717, 1.165) is 0 Å². The number of carboxylic acids is 1. The van der Waals surface area contributed by atoms with Gasteiger partial charge in [-0.25, -0.2) is 4.79 Å². The molecule has 0 heterocycles. The van der Waals surface area contributed by atoms with Crippen LogP contribution in [-0.4, -0.2) is 25.3 Å². The molecule has 0 aliphatic rings. The molecule has 0 aliphatic heterocycles. The lowest BCUT2D eigenvalue weighted by Crippen LogP contribution is -2.08. The van der Waals surface area contributed by atoms with E-state index in [9.17, 15) is 4.79 Å². The summed E-state index contributed by atoms with van der Waals surface area (Å²) in [4.78, 5) is 11.0. The van der Waals surface area contributed by atoms with Crippen LogP contribution >= 0.6 is 0 Å². The third kappa shape index (κ3) is 2.02. The van der Waals surface area contributed by atoms with Crippen LogP contribution in [0.2, 0.25) is 0 Å². The molecule has 3 N–H and O–H groups in total. The highest BCUT2D eigenvalue weighted by atomic mass is 16.5. The van der Waals surface area contributed by atoms with Crippen LogP contribution in [0.5, 0.6) is 11.5 Å². The maximum Gasteiger partial charge on any atom is 0.343 e. The molecule has 0 radical (unpaired) electrons. The van der Waals surface area contributed by atoms with Gasteiger partial charge in [-0.15, -0.1) is 0 Å². The Morgan fingerprint density at radius 2 is 2.07 bits per heavy atom. The fourth-order valence-electron chi connectivity index (χ4n) is 1.37. The normalized spacial score (nSPS) is 9.80. The molecule has 5 heteroatoms. The summed E-state index contributed by atoms with van der Waals surface area (Å²) < 4.78 is 9.98. The van der Waals surface area contributed by atoms with E-state index in [-0.39, 0.29) is 23.6 Å². The summed E-state index contributed by atoms with van der Waals surface area (Å²) in [5.41, 5.74) is 6.11. The summed E-state index contributed by atoms with van der Waals surface area (Å²) in [6, 6.07) is 3.25. The maximum absolute atomic E-state index is 11.0. The maximum atomic E-state index is 11.0. The van der Waals surface area contributed by atoms with Crippen molar-refractivity contribution in [2.75, 3.05) is 14.2 Å². The van der Waals surface area contributed by atoms with Gasteiger partial charge < -0.3 is 20.3 Å². The molecule has 15 heavy (non-hydrogen) atoms. The predicted octanol–water partition coefficient (Wildman–Crippen LogP) is 0.861. The van der Waals surface area contributed by atoms with Gasteiger partial charge in [-0.05, 0) is 6.07 Å². The van der Waals surface area contributed by atoms with Gasteiger partial charge in [0.1, 0.15) is 17.1 Å². The zero-order valence-electron chi connectivity index (χ0n) is 8.61. The van der Waals surface area contributed by atoms with Gasteiger partial charge in [-0.1, -0.05) is 6.07 Å². The molecule has 1 aromatic carbocycles. The molecule has 0 unspecified atom stereocenters. The molecule has 0 aliphatic carbocycles. The molecule has 82 valence electrons. The van der Waals surface area contributed by atoms with E-state index in [1.165, 1.54) is 14.2 Å². The van der Waals surface area contributed by atoms with Crippen molar-refractivity contribution < 1.29 is 19.4 Å². The Morgan fingerprint density at radius 1 is 1.40 bits per heavy atom. The molecule has 0 fully saturated rings. The van der Waals surface area contributed by atoms with Gasteiger partial charge >= 0.3 is 5.97 Å². The zero-order chi connectivity index (χ0) is 11.4. The summed E-state index contributed by atoms with van der Waals surface area (Å²) >= 11 is 0. The van der Waals surface area contributed by atoms with Crippen molar-refractivity contribution in [1.29, 1.82) is 0 Å². The molecule has 5 nitrogen and oxygen atoms in total. The monoisotopic (exact) mass is 211 g/mol. The van der Waals surface area contributed by atoms with E-state index < -0.39 is 5.97 Å². The Hall–Kier alpha value is -1.75. The number of benzene rings is 1. The zero-order valence-corrected chi connectivity index (χ0v) is 8.61. The third-order valence-corrected chi connectivity index (χ3v) is 2.06. The number of carbonyl (C=O) groups is 1. The Morgan fingerprint density at radius 3 is 2.47 bits per heavy atom. The van der Waals surface area contributed by atoms with Crippen LogP contribution in [0.1, 0.15) is 15.9 Å². The van der Waals surface area contributed by atoms with Crippen LogP contribution < -0.4 is 15.2 Å². The third-order valence-electron chi connectivity index (χ3n) is 2.06. The van der Waals surface area contributed by atoms with Crippen molar-refractivity contribution in [3.8, 4) is 11.5 Å². The second kappa shape index (κ2) is 4.65. The topological polar surface area (TPSA) is 81.8 Å². The number of methoxy groups -OCH3 is 2. The number of hydrogen-bond acceptors (Lipinski definition) is 4. The molecule has 1 aromatic rings. The summed E-state index contributed by atoms with van der Waals surface area (Å²) in [7, 11) is 2.81. The van der Waals surface area contributed by atoms with Crippen molar-refractivity contribution >= 4 is 5.97 Å². The summed E-state index contributed by atoms with van der Waals surface area (Å²) in [6.45, 7) is 0.216. The summed E-state index contributed by atoms with van der Waals surface area (Å²) in [5, 5.41) is 9.03. The average molecular weight is 211 g/mol. The van der Waals surface area contributed by atoms with E-state index >= 15 is 0 Å². The molecular weight excluding hydrogens is 198 g/mol. The van der Waals surface area contributed by atoms with Gasteiger partial charge in [-0.2, -0.15) is 0 Å². The van der Waals surface area contributed by atoms with Crippen LogP contribution in [0.25, 0.3) is 0 Å². The molecule has 0 aromatic heterocycles. The number of carboxylic acid groups (broad SMARTS) is 1. The fourth-order valence-corrected chi connectivity index (χ4v) is 1.37. The van der Waals surface area contributed by atoms with Crippen molar-refractivity contribution in [3.05, 3.63) is 23.3 Å². The van der Waals surface area contributed by atoms with Gasteiger partial charge in [0, 0.05) is 12.1 Å². The first-order valence-electron chi connectivity index (χ1n) is 4.32. The van der Waals surface area contributed by atoms with Crippen molar-refractivity contribution in [2.24, 2.45) is 5.73 Å². The van der Waals surface area contributed by atoms with E-state index in [0.29, 0.717) is 5.56 Å². The minimum Gasteiger partial charge on any atom is -0.496 e. The average Bonchev–Trinajstić information content (AvgIpc) is 2.26. The van der Waals surface area contributed by atoms with Crippen LogP contribution in [-0.2, 0) is 6.54 Å². The first-order valence-corrected chi connectivity index (χ1v) is 4.32. The minimum absolute atomic E-state index is 0.00273. The Kier molecular flexibility index (Phi) is 3.51. The Balaban J connectivity index is 3.44. The number of aromatic carboxylic acids is 1. The van der Waals surface area contributed by atoms with Crippen molar-refractivity contribution in [1.82, 2.24) is 0 Å². The lowest BCUT2D eigenvalue weighted by molar-refractivity contribution is 0.0689. The second-order valence-corrected chi connectivity index (χ2v) is 2.84. The number of ether oxygens (including phenoxy) is 2. The number of nitrogens with two attached hydrogens (primary N) is 1. The van der Waals surface area contributed by atoms with Gasteiger partial charge in [-0.3, -0.25) is 0 Å². The van der Waals surface area contributed by atoms with Crippen LogP contribution in [0.3, 0.4) is 0 Å². The van der Waals surface area contributed by atoms with E-state index in [1.807, 2.05) is 0 Å². The van der Waals surface area contributed by atoms with Gasteiger partial charge in [0.25, 0.3) is 0 Å². The molecular formula is C10H13NO4. The first-order chi connectivity index (χ1) is 7.15. The highest BCUT2D eigenvalue weighted by Gasteiger charge is 2.20. The molecule has 0 saturated carbocycles. The molecule has 0 saturated heterocycles. The van der Waals surface area contributed by atoms with Crippen LogP contribution in [0.15, 0.2) is 12.1 Å². The Bertz CT molecular complexity index is 376. The Labute approximate surface area is 87.4 Å². The fraction of sp³-hybridized carbons (Fsp3) is 0.300. The molecule has 1 rings (SSSR count). The molecule has 0 atom stereocenters. The van der Waals surface area contributed by atoms with E-state index in [4.69, 9.17) is 20.3 Å². The number of rotatable bonds is 4. The summed E-state index contributed by atoms with van der Waals surface area (Å²) in [6.07, 6.45) is 0. The smallest absolute Gasteiger partial charge is 0.343 e. The lowest BCUT2D eigenvalue weighted by Gasteiger charge is -2.13. The minimum atomic E-state index is -1.10. The SMILES string of the molecule is COc1ccc(CN)c(OC)c1C(=O)O. The highest BCUT2D eigenvalue weighted by molar-refractivity contribution is 5.94. The van der Waals surface area contributed by atoms with Crippen molar-refractivity contribution in [2.45, 2.75) is 6.54 Å². The quantitative estimate of drug-likeness (QED) is 0.771. The first kappa shape index (κ1) is 11.3. The van der Waals surface area contributed by atoms with Gasteiger partial charge in [0.15, 0.2) is 0 Å². The standard InChI is InChI=1S/C10H13NO4/c1-14-7-4-3-6(5-11)9(15-2)8(7)10(12)13/h3-4H,5,11H2,1-2H3,(H,12,13). The van der Waals surface area contributed by atoms with Crippen LogP contribution in [0, 0.1) is 0 Å². The predicted molar refractivity (Wildman–Crippen MR) is 54.4 cm³/mol. The highest BCUT2D eigenvalue weighted by Crippen LogP contribution is 2.31. The van der Waals surface area contributed by atoms with E-state index in [1.54, 1.807) is 12.1 Å². The molecule has 0 bridgehead atoms. The molecule has 0 spiro atoms. The lowest BCUT2D eigenvalue weighted by atomic mass is 10.1. The largest absolute Gasteiger partial charge is 0.496 e.